The van der Waals surface area contributed by atoms with Crippen LogP contribution in [0, 0.1) is 0 Å². The number of aliphatic hydroxyl groups is 1. The average molecular weight is 368 g/mol. The molecule has 8 N–H and O–H groups in total. The summed E-state index contributed by atoms with van der Waals surface area (Å²) in [5.74, 6) is 5.55. The summed E-state index contributed by atoms with van der Waals surface area (Å²) in [6, 6.07) is 13.7. The van der Waals surface area contributed by atoms with Gasteiger partial charge in [-0.15, -0.1) is 5.10 Å². The Morgan fingerprint density at radius 1 is 1.15 bits per heavy atom. The summed E-state index contributed by atoms with van der Waals surface area (Å²) in [6.07, 6.45) is 2.22. The molecule has 3 rings (SSSR count). The first kappa shape index (κ1) is 18.2. The maximum atomic E-state index is 9.35. The van der Waals surface area contributed by atoms with Crippen molar-refractivity contribution in [3.05, 3.63) is 59.8 Å². The van der Waals surface area contributed by atoms with Crippen LogP contribution in [0.15, 0.2) is 58.7 Å². The Kier molecular flexibility index (Phi) is 5.69. The molecule has 3 aromatic rings. The van der Waals surface area contributed by atoms with Gasteiger partial charge in [-0.3, -0.25) is 10.1 Å². The summed E-state index contributed by atoms with van der Waals surface area (Å²) in [6.45, 7) is 0.0106. The Balaban J connectivity index is 2.35. The van der Waals surface area contributed by atoms with Crippen molar-refractivity contribution in [1.29, 1.82) is 0 Å². The number of aliphatic hydroxyl groups excluding tert-OH is 1. The smallest absolute Gasteiger partial charge is 0.153 e. The molecule has 0 aliphatic carbocycles. The zero-order valence-electron chi connectivity index (χ0n) is 14.0. The standard InChI is InChI=1S/C18H20N6OS/c19-18(23-24-20)16-14(7-6-11(8-10-25)17(16)26-21)12-3-1-5-15-13(12)4-2-9-22-15/h1-7,9,24-25H,8,10,20-21H2,(H2,19,23). The Morgan fingerprint density at radius 2 is 2.00 bits per heavy atom. The van der Waals surface area contributed by atoms with Gasteiger partial charge in [0.15, 0.2) is 5.84 Å². The molecule has 2 aromatic carbocycles. The quantitative estimate of drug-likeness (QED) is 0.146. The molecule has 0 radical (unpaired) electrons. The molecular formula is C18H20N6OS. The molecule has 0 saturated heterocycles. The van der Waals surface area contributed by atoms with Crippen molar-refractivity contribution in [3.8, 4) is 11.1 Å². The SMILES string of the molecule is NN/N=C(\N)c1c(-c2cccc3ncccc23)ccc(CCO)c1SN. The van der Waals surface area contributed by atoms with Crippen LogP contribution in [0.25, 0.3) is 22.0 Å². The van der Waals surface area contributed by atoms with Crippen molar-refractivity contribution in [2.45, 2.75) is 11.3 Å². The van der Waals surface area contributed by atoms with Crippen molar-refractivity contribution < 1.29 is 5.11 Å². The van der Waals surface area contributed by atoms with Crippen LogP contribution in [0.4, 0.5) is 0 Å². The number of nitrogens with one attached hydrogen (secondary N) is 1. The highest BCUT2D eigenvalue weighted by atomic mass is 32.2. The van der Waals surface area contributed by atoms with E-state index in [0.29, 0.717) is 12.0 Å². The third kappa shape index (κ3) is 3.35. The molecule has 0 spiro atoms. The van der Waals surface area contributed by atoms with Crippen LogP contribution < -0.4 is 22.3 Å². The summed E-state index contributed by atoms with van der Waals surface area (Å²) >= 11 is 1.07. The summed E-state index contributed by atoms with van der Waals surface area (Å²) < 4.78 is 0. The fraction of sp³-hybridized carbons (Fsp3) is 0.111. The van der Waals surface area contributed by atoms with Gasteiger partial charge in [-0.25, -0.2) is 11.4 Å². The molecular weight excluding hydrogens is 348 g/mol. The van der Waals surface area contributed by atoms with E-state index in [1.165, 1.54) is 0 Å². The lowest BCUT2D eigenvalue weighted by Gasteiger charge is -2.18. The monoisotopic (exact) mass is 368 g/mol. The lowest BCUT2D eigenvalue weighted by atomic mass is 9.93. The van der Waals surface area contributed by atoms with Gasteiger partial charge in [-0.2, -0.15) is 0 Å². The molecule has 1 heterocycles. The van der Waals surface area contributed by atoms with Crippen molar-refractivity contribution in [1.82, 2.24) is 10.5 Å². The number of hydrazone groups is 1. The summed E-state index contributed by atoms with van der Waals surface area (Å²) in [5.41, 5.74) is 12.7. The second-order valence-corrected chi connectivity index (χ2v) is 6.21. The Morgan fingerprint density at radius 3 is 2.73 bits per heavy atom. The van der Waals surface area contributed by atoms with Crippen molar-refractivity contribution >= 4 is 28.7 Å². The fourth-order valence-electron chi connectivity index (χ4n) is 3.02. The number of benzene rings is 2. The zero-order chi connectivity index (χ0) is 18.5. The number of hydrazine groups is 1. The number of rotatable bonds is 6. The van der Waals surface area contributed by atoms with E-state index in [1.54, 1.807) is 6.20 Å². The van der Waals surface area contributed by atoms with Crippen LogP contribution in [0.5, 0.6) is 0 Å². The predicted octanol–water partition coefficient (Wildman–Crippen LogP) is 1.49. The highest BCUT2D eigenvalue weighted by Gasteiger charge is 2.19. The first-order chi connectivity index (χ1) is 12.7. The number of amidine groups is 1. The topological polar surface area (TPSA) is 136 Å². The predicted molar refractivity (Wildman–Crippen MR) is 106 cm³/mol. The van der Waals surface area contributed by atoms with Crippen molar-refractivity contribution in [2.24, 2.45) is 21.8 Å². The molecule has 0 aliphatic rings. The van der Waals surface area contributed by atoms with E-state index in [-0.39, 0.29) is 12.4 Å². The molecule has 0 bridgehead atoms. The maximum absolute atomic E-state index is 9.35. The van der Waals surface area contributed by atoms with Gasteiger partial charge < -0.3 is 10.8 Å². The zero-order valence-corrected chi connectivity index (χ0v) is 14.8. The maximum Gasteiger partial charge on any atom is 0.153 e. The van der Waals surface area contributed by atoms with E-state index in [2.05, 4.69) is 15.6 Å². The summed E-state index contributed by atoms with van der Waals surface area (Å²) in [5, 5.41) is 20.2. The molecule has 8 heteroatoms. The van der Waals surface area contributed by atoms with Gasteiger partial charge in [0.2, 0.25) is 0 Å². The van der Waals surface area contributed by atoms with Crippen LogP contribution in [-0.4, -0.2) is 22.5 Å². The molecule has 0 unspecified atom stereocenters. The minimum absolute atomic E-state index is 0.0106. The number of fused-ring (bicyclic) bond motifs is 1. The van der Waals surface area contributed by atoms with Crippen molar-refractivity contribution in [2.75, 3.05) is 6.61 Å². The van der Waals surface area contributed by atoms with Gasteiger partial charge in [0.25, 0.3) is 0 Å². The number of pyridine rings is 1. The number of nitrogens with zero attached hydrogens (tertiary/aromatic N) is 2. The third-order valence-corrected chi connectivity index (χ3v) is 4.82. The van der Waals surface area contributed by atoms with Gasteiger partial charge in [0.1, 0.15) is 0 Å². The van der Waals surface area contributed by atoms with Gasteiger partial charge in [-0.1, -0.05) is 30.3 Å². The molecule has 0 aliphatic heterocycles. The van der Waals surface area contributed by atoms with Gasteiger partial charge >= 0.3 is 0 Å². The fourth-order valence-corrected chi connectivity index (χ4v) is 3.67. The first-order valence-corrected chi connectivity index (χ1v) is 8.86. The minimum Gasteiger partial charge on any atom is -0.396 e. The summed E-state index contributed by atoms with van der Waals surface area (Å²) in [4.78, 5) is 5.17. The largest absolute Gasteiger partial charge is 0.396 e. The normalized spacial score (nSPS) is 11.7. The van der Waals surface area contributed by atoms with Crippen LogP contribution >= 0.6 is 11.9 Å². The number of hydrogen-bond donors (Lipinski definition) is 5. The molecule has 1 aromatic heterocycles. The van der Waals surface area contributed by atoms with E-state index in [4.69, 9.17) is 16.7 Å². The molecule has 0 fully saturated rings. The molecule has 0 amide bonds. The van der Waals surface area contributed by atoms with E-state index in [9.17, 15) is 5.11 Å². The lowest BCUT2D eigenvalue weighted by Crippen LogP contribution is -2.24. The third-order valence-electron chi connectivity index (χ3n) is 4.12. The molecule has 0 saturated carbocycles. The highest BCUT2D eigenvalue weighted by molar-refractivity contribution is 7.97. The molecule has 134 valence electrons. The summed E-state index contributed by atoms with van der Waals surface area (Å²) in [7, 11) is 0. The number of hydrogen-bond acceptors (Lipinski definition) is 7. The van der Waals surface area contributed by atoms with E-state index in [0.717, 1.165) is 44.4 Å². The number of nitrogens with two attached hydrogens (primary N) is 3. The Bertz CT molecular complexity index is 954. The Hall–Kier alpha value is -2.65. The first-order valence-electron chi connectivity index (χ1n) is 7.98. The van der Waals surface area contributed by atoms with E-state index < -0.39 is 0 Å². The van der Waals surface area contributed by atoms with Gasteiger partial charge in [-0.05, 0) is 47.2 Å². The number of aromatic nitrogens is 1. The van der Waals surface area contributed by atoms with Gasteiger partial charge in [0, 0.05) is 28.6 Å². The second kappa shape index (κ2) is 8.15. The molecule has 0 atom stereocenters. The molecule has 7 nitrogen and oxygen atoms in total. The van der Waals surface area contributed by atoms with Crippen molar-refractivity contribution in [3.63, 3.8) is 0 Å². The van der Waals surface area contributed by atoms with E-state index in [1.807, 2.05) is 42.5 Å². The highest BCUT2D eigenvalue weighted by Crippen LogP contribution is 2.36. The van der Waals surface area contributed by atoms with E-state index >= 15 is 0 Å². The van der Waals surface area contributed by atoms with Crippen LogP contribution in [0.3, 0.4) is 0 Å². The second-order valence-electron chi connectivity index (χ2n) is 5.57. The van der Waals surface area contributed by atoms with Gasteiger partial charge in [0.05, 0.1) is 5.52 Å². The average Bonchev–Trinajstić information content (AvgIpc) is 2.67. The van der Waals surface area contributed by atoms with Crippen LogP contribution in [0.2, 0.25) is 0 Å². The lowest BCUT2D eigenvalue weighted by molar-refractivity contribution is 0.299. The Labute approximate surface area is 155 Å². The van der Waals surface area contributed by atoms with Crippen LogP contribution in [-0.2, 0) is 6.42 Å². The minimum atomic E-state index is 0.0106. The molecule has 26 heavy (non-hydrogen) atoms. The van der Waals surface area contributed by atoms with Crippen LogP contribution in [0.1, 0.15) is 11.1 Å².